The summed E-state index contributed by atoms with van der Waals surface area (Å²) in [5, 5.41) is 0. The van der Waals surface area contributed by atoms with E-state index in [1.165, 1.54) is 0 Å². The number of thioether (sulfide) groups is 1. The molecule has 2 N–H and O–H groups in total. The van der Waals surface area contributed by atoms with Crippen LogP contribution in [-0.4, -0.2) is 24.5 Å². The minimum absolute atomic E-state index is 0.00292. The molecule has 0 bridgehead atoms. The molecular weight excluding hydrogens is 180 g/mol. The molecule has 0 saturated heterocycles. The summed E-state index contributed by atoms with van der Waals surface area (Å²) in [6.45, 7) is 0.406. The van der Waals surface area contributed by atoms with Crippen LogP contribution in [0.1, 0.15) is 19.3 Å². The number of rotatable bonds is 4. The van der Waals surface area contributed by atoms with E-state index in [1.807, 2.05) is 6.26 Å². The normalized spacial score (nSPS) is 25.0. The molecule has 4 heteroatoms. The molecular formula is C8H15F2NS. The van der Waals surface area contributed by atoms with E-state index in [1.54, 1.807) is 11.8 Å². The molecule has 0 amide bonds. The van der Waals surface area contributed by atoms with Gasteiger partial charge in [0.2, 0.25) is 5.92 Å². The van der Waals surface area contributed by atoms with E-state index in [0.29, 0.717) is 6.54 Å². The predicted molar refractivity (Wildman–Crippen MR) is 48.7 cm³/mol. The monoisotopic (exact) mass is 195 g/mol. The van der Waals surface area contributed by atoms with Crippen molar-refractivity contribution in [3.05, 3.63) is 0 Å². The fourth-order valence-corrected chi connectivity index (χ4v) is 2.42. The summed E-state index contributed by atoms with van der Waals surface area (Å²) in [7, 11) is 0. The zero-order valence-electron chi connectivity index (χ0n) is 7.28. The van der Waals surface area contributed by atoms with Gasteiger partial charge in [0.25, 0.3) is 0 Å². The van der Waals surface area contributed by atoms with Crippen molar-refractivity contribution >= 4 is 11.8 Å². The molecule has 0 unspecified atom stereocenters. The summed E-state index contributed by atoms with van der Waals surface area (Å²) in [6, 6.07) is 0. The van der Waals surface area contributed by atoms with Gasteiger partial charge in [-0.1, -0.05) is 0 Å². The molecule has 1 aliphatic carbocycles. The Morgan fingerprint density at radius 3 is 2.33 bits per heavy atom. The maximum atomic E-state index is 12.6. The summed E-state index contributed by atoms with van der Waals surface area (Å²) in [4.78, 5) is 0. The highest BCUT2D eigenvalue weighted by atomic mass is 32.2. The molecule has 1 fully saturated rings. The minimum atomic E-state index is -2.43. The quantitative estimate of drug-likeness (QED) is 0.743. The van der Waals surface area contributed by atoms with Crippen molar-refractivity contribution in [1.29, 1.82) is 0 Å². The van der Waals surface area contributed by atoms with Crippen molar-refractivity contribution in [2.24, 2.45) is 11.1 Å². The molecule has 0 spiro atoms. The van der Waals surface area contributed by atoms with Crippen LogP contribution < -0.4 is 5.73 Å². The van der Waals surface area contributed by atoms with Gasteiger partial charge in [-0.3, -0.25) is 0 Å². The SMILES string of the molecule is CSCCC1(CN)CC(F)(F)C1. The third-order valence-electron chi connectivity index (χ3n) is 2.54. The highest BCUT2D eigenvalue weighted by Gasteiger charge is 2.54. The van der Waals surface area contributed by atoms with Crippen LogP contribution >= 0.6 is 11.8 Å². The molecule has 0 atom stereocenters. The summed E-state index contributed by atoms with van der Waals surface area (Å²) < 4.78 is 25.2. The molecule has 1 rings (SSSR count). The Labute approximate surface area is 76.1 Å². The van der Waals surface area contributed by atoms with E-state index in [2.05, 4.69) is 0 Å². The Morgan fingerprint density at radius 1 is 1.42 bits per heavy atom. The van der Waals surface area contributed by atoms with Crippen molar-refractivity contribution in [3.8, 4) is 0 Å². The zero-order chi connectivity index (χ0) is 9.24. The topological polar surface area (TPSA) is 26.0 Å². The van der Waals surface area contributed by atoms with Gasteiger partial charge in [-0.05, 0) is 30.4 Å². The van der Waals surface area contributed by atoms with E-state index in [0.717, 1.165) is 12.2 Å². The van der Waals surface area contributed by atoms with Gasteiger partial charge in [-0.15, -0.1) is 0 Å². The second-order valence-electron chi connectivity index (χ2n) is 3.66. The summed E-state index contributed by atoms with van der Waals surface area (Å²) in [5.41, 5.74) is 5.24. The number of nitrogens with two attached hydrogens (primary N) is 1. The van der Waals surface area contributed by atoms with Crippen molar-refractivity contribution in [2.45, 2.75) is 25.2 Å². The van der Waals surface area contributed by atoms with Crippen LogP contribution in [0.15, 0.2) is 0 Å². The van der Waals surface area contributed by atoms with Gasteiger partial charge in [0.1, 0.15) is 0 Å². The summed E-state index contributed by atoms with van der Waals surface area (Å²) >= 11 is 1.69. The molecule has 72 valence electrons. The van der Waals surface area contributed by atoms with Crippen LogP contribution in [0, 0.1) is 5.41 Å². The van der Waals surface area contributed by atoms with Gasteiger partial charge in [-0.2, -0.15) is 11.8 Å². The highest BCUT2D eigenvalue weighted by molar-refractivity contribution is 7.98. The van der Waals surface area contributed by atoms with Gasteiger partial charge < -0.3 is 5.73 Å². The standard InChI is InChI=1S/C8H15F2NS/c1-12-3-2-7(6-11)4-8(9,10)5-7/h2-6,11H2,1H3. The van der Waals surface area contributed by atoms with Crippen molar-refractivity contribution < 1.29 is 8.78 Å². The fraction of sp³-hybridized carbons (Fsp3) is 1.00. The Hall–Kier alpha value is 0.170. The number of halogens is 2. The lowest BCUT2D eigenvalue weighted by atomic mass is 9.64. The van der Waals surface area contributed by atoms with Crippen LogP contribution in [0.2, 0.25) is 0 Å². The molecule has 1 aliphatic rings. The first kappa shape index (κ1) is 10.3. The van der Waals surface area contributed by atoms with Crippen molar-refractivity contribution in [1.82, 2.24) is 0 Å². The molecule has 0 aliphatic heterocycles. The Balaban J connectivity index is 2.36. The molecule has 1 saturated carbocycles. The van der Waals surface area contributed by atoms with Gasteiger partial charge in [0.15, 0.2) is 0 Å². The van der Waals surface area contributed by atoms with Crippen molar-refractivity contribution in [2.75, 3.05) is 18.6 Å². The molecule has 0 aromatic heterocycles. The maximum Gasteiger partial charge on any atom is 0.249 e. The Morgan fingerprint density at radius 2 is 2.00 bits per heavy atom. The minimum Gasteiger partial charge on any atom is -0.330 e. The van der Waals surface area contributed by atoms with E-state index in [4.69, 9.17) is 5.73 Å². The summed E-state index contributed by atoms with van der Waals surface area (Å²) in [5.74, 6) is -1.49. The first-order valence-electron chi connectivity index (χ1n) is 4.10. The third kappa shape index (κ3) is 2.10. The number of hydrogen-bond acceptors (Lipinski definition) is 2. The van der Waals surface area contributed by atoms with Crippen LogP contribution in [-0.2, 0) is 0 Å². The Kier molecular flexibility index (Phi) is 2.99. The summed E-state index contributed by atoms with van der Waals surface area (Å²) in [6.07, 6.45) is 2.81. The molecule has 0 heterocycles. The van der Waals surface area contributed by atoms with Gasteiger partial charge in [0.05, 0.1) is 0 Å². The van der Waals surface area contributed by atoms with E-state index >= 15 is 0 Å². The Bertz CT molecular complexity index is 153. The van der Waals surface area contributed by atoms with Crippen molar-refractivity contribution in [3.63, 3.8) is 0 Å². The lowest BCUT2D eigenvalue weighted by Gasteiger charge is -2.46. The van der Waals surface area contributed by atoms with Gasteiger partial charge >= 0.3 is 0 Å². The van der Waals surface area contributed by atoms with Crippen LogP contribution in [0.25, 0.3) is 0 Å². The number of hydrogen-bond donors (Lipinski definition) is 1. The average molecular weight is 195 g/mol. The largest absolute Gasteiger partial charge is 0.330 e. The molecule has 0 aromatic rings. The molecule has 0 radical (unpaired) electrons. The van der Waals surface area contributed by atoms with Crippen LogP contribution in [0.5, 0.6) is 0 Å². The first-order chi connectivity index (χ1) is 5.54. The second-order valence-corrected chi connectivity index (χ2v) is 4.64. The fourth-order valence-electron chi connectivity index (χ4n) is 1.79. The second kappa shape index (κ2) is 3.50. The first-order valence-corrected chi connectivity index (χ1v) is 5.50. The number of alkyl halides is 2. The van der Waals surface area contributed by atoms with E-state index in [-0.39, 0.29) is 18.3 Å². The molecule has 0 aromatic carbocycles. The molecule has 12 heavy (non-hydrogen) atoms. The lowest BCUT2D eigenvalue weighted by Crippen LogP contribution is -2.50. The predicted octanol–water partition coefficient (Wildman–Crippen LogP) is 2.11. The smallest absolute Gasteiger partial charge is 0.249 e. The van der Waals surface area contributed by atoms with Crippen LogP contribution in [0.4, 0.5) is 8.78 Å². The van der Waals surface area contributed by atoms with E-state index in [9.17, 15) is 8.78 Å². The van der Waals surface area contributed by atoms with Gasteiger partial charge in [0, 0.05) is 12.8 Å². The highest BCUT2D eigenvalue weighted by Crippen LogP contribution is 2.53. The third-order valence-corrected chi connectivity index (χ3v) is 3.15. The van der Waals surface area contributed by atoms with Gasteiger partial charge in [-0.25, -0.2) is 8.78 Å². The lowest BCUT2D eigenvalue weighted by molar-refractivity contribution is -0.157. The molecule has 1 nitrogen and oxygen atoms in total. The average Bonchev–Trinajstić information content (AvgIpc) is 1.96. The van der Waals surface area contributed by atoms with E-state index < -0.39 is 5.92 Å². The van der Waals surface area contributed by atoms with Crippen LogP contribution in [0.3, 0.4) is 0 Å². The zero-order valence-corrected chi connectivity index (χ0v) is 8.09. The maximum absolute atomic E-state index is 12.6.